The Balaban J connectivity index is 0.000000258. The Morgan fingerprint density at radius 2 is 1.44 bits per heavy atom. The summed E-state index contributed by atoms with van der Waals surface area (Å²) in [6.07, 6.45) is 14.7. The van der Waals surface area contributed by atoms with E-state index in [1.807, 2.05) is 30.3 Å². The van der Waals surface area contributed by atoms with Crippen LogP contribution in [0.1, 0.15) is 99.8 Å². The molecule has 1 aromatic carbocycles. The second-order valence-corrected chi connectivity index (χ2v) is 19.5. The van der Waals surface area contributed by atoms with Crippen LogP contribution in [-0.2, 0) is 49.5 Å². The largest absolute Gasteiger partial charge is 0.463 e. The third kappa shape index (κ3) is 18.1. The van der Waals surface area contributed by atoms with E-state index in [9.17, 15) is 47.9 Å². The third-order valence-corrected chi connectivity index (χ3v) is 13.3. The molecule has 0 spiro atoms. The highest BCUT2D eigenvalue weighted by molar-refractivity contribution is 6.50. The Kier molecular flexibility index (Phi) is 22.8. The summed E-state index contributed by atoms with van der Waals surface area (Å²) in [5.41, 5.74) is 4.72. The predicted octanol–water partition coefficient (Wildman–Crippen LogP) is 4.76. The lowest BCUT2D eigenvalue weighted by molar-refractivity contribution is -0.142. The van der Waals surface area contributed by atoms with Crippen molar-refractivity contribution in [2.24, 2.45) is 16.6 Å². The maximum Gasteiger partial charge on any atom is 0.330 e. The van der Waals surface area contributed by atoms with Crippen molar-refractivity contribution in [2.45, 2.75) is 108 Å². The number of nitrogens with zero attached hydrogens (tertiary/aromatic N) is 4. The number of benzene rings is 1. The van der Waals surface area contributed by atoms with Gasteiger partial charge in [0.15, 0.2) is 5.69 Å². The van der Waals surface area contributed by atoms with Crippen molar-refractivity contribution in [3.05, 3.63) is 146 Å². The molecule has 3 aromatic heterocycles. The molecular formula is C55H62Cl2N10O13. The number of anilines is 2. The molecule has 23 nitrogen and oxygen atoms in total. The van der Waals surface area contributed by atoms with E-state index in [1.54, 1.807) is 13.8 Å². The van der Waals surface area contributed by atoms with Crippen molar-refractivity contribution in [1.82, 2.24) is 30.2 Å². The van der Waals surface area contributed by atoms with Crippen LogP contribution < -0.4 is 43.4 Å². The summed E-state index contributed by atoms with van der Waals surface area (Å²) >= 11 is 11.6. The van der Waals surface area contributed by atoms with Gasteiger partial charge in [0.05, 0.1) is 13.2 Å². The molecule has 7 N–H and O–H groups in total. The molecule has 2 aliphatic heterocycles. The number of rotatable bonds is 24. The molecule has 424 valence electrons. The lowest BCUT2D eigenvalue weighted by Gasteiger charge is -2.23. The van der Waals surface area contributed by atoms with Crippen molar-refractivity contribution in [1.29, 1.82) is 0 Å². The average Bonchev–Trinajstić information content (AvgIpc) is 4.29. The average molecular weight is 1140 g/mol. The lowest BCUT2D eigenvalue weighted by atomic mass is 9.97. The molecule has 7 rings (SSSR count). The highest BCUT2D eigenvalue weighted by Gasteiger charge is 2.31. The standard InChI is InChI=1S/C28H30ClN5O6.C27H32ClN5O7/c1-2-40-25(36)13-11-20(10-12-24(30)35)32-27(38)23(15-18-7-4-3-5-8-18)34-14-6-9-21(28(34)39)33-26(37)22-16-19(29)17-31-22;1-2-21(33-13-5-8-19(27(33)38)31-25(36)20-15-22(28)40-32-20)26(37)30-17(14-16-11-12-29-24(16)35)9-10-23(34)39-18-6-3-4-7-18/h3-9,11,13-14,16,20,23H,2,10,12,15,17H2,1H3,(H2,30,35)(H,32,38)(H,33,37);5,8-10,13,15-18,21H,2-4,6-7,11-12,14H2,1H3,(H,29,35)(H,30,37)(H,31,36)/b13-11+;10-9+/t20-,23-;16-,17+,21-/m00/s1. The first-order valence-electron chi connectivity index (χ1n) is 25.9. The van der Waals surface area contributed by atoms with Gasteiger partial charge in [0.2, 0.25) is 28.8 Å². The van der Waals surface area contributed by atoms with Crippen LogP contribution in [0.4, 0.5) is 11.4 Å². The molecule has 5 atom stereocenters. The molecule has 0 unspecified atom stereocenters. The summed E-state index contributed by atoms with van der Waals surface area (Å²) in [6, 6.07) is 12.8. The van der Waals surface area contributed by atoms with Crippen molar-refractivity contribution >= 4 is 87.7 Å². The highest BCUT2D eigenvalue weighted by atomic mass is 35.5. The molecule has 5 heterocycles. The van der Waals surface area contributed by atoms with Crippen LogP contribution in [0, 0.1) is 5.92 Å². The van der Waals surface area contributed by atoms with Crippen LogP contribution in [-0.4, -0.2) is 105 Å². The van der Waals surface area contributed by atoms with Gasteiger partial charge in [-0.15, -0.1) is 0 Å². The van der Waals surface area contributed by atoms with Crippen molar-refractivity contribution in [2.75, 3.05) is 30.3 Å². The fourth-order valence-electron chi connectivity index (χ4n) is 8.86. The minimum atomic E-state index is -1.04. The van der Waals surface area contributed by atoms with E-state index in [-0.39, 0.29) is 91.2 Å². The van der Waals surface area contributed by atoms with Crippen LogP contribution in [0.5, 0.6) is 0 Å². The molecule has 0 radical (unpaired) electrons. The first-order valence-corrected chi connectivity index (χ1v) is 26.7. The quantitative estimate of drug-likeness (QED) is 0.0407. The van der Waals surface area contributed by atoms with Gasteiger partial charge in [0.1, 0.15) is 35.3 Å². The smallest absolute Gasteiger partial charge is 0.330 e. The van der Waals surface area contributed by atoms with Gasteiger partial charge in [0, 0.05) is 73.0 Å². The Morgan fingerprint density at radius 1 is 0.812 bits per heavy atom. The number of carbonyl (C=O) groups is 8. The molecule has 6 amide bonds. The highest BCUT2D eigenvalue weighted by Crippen LogP contribution is 2.23. The number of nitrogens with two attached hydrogens (primary N) is 1. The number of carbonyl (C=O) groups excluding carboxylic acids is 8. The summed E-state index contributed by atoms with van der Waals surface area (Å²) in [5, 5.41) is 17.3. The topological polar surface area (TPSA) is 324 Å². The molecule has 0 bridgehead atoms. The number of nitrogens with one attached hydrogen (secondary N) is 5. The number of halogens is 2. The second-order valence-electron chi connectivity index (χ2n) is 18.7. The minimum absolute atomic E-state index is 0.0503. The van der Waals surface area contributed by atoms with E-state index in [1.165, 1.54) is 76.2 Å². The van der Waals surface area contributed by atoms with Crippen molar-refractivity contribution in [3.63, 3.8) is 0 Å². The zero-order valence-corrected chi connectivity index (χ0v) is 45.4. The van der Waals surface area contributed by atoms with Gasteiger partial charge in [-0.05, 0) is 106 Å². The number of amides is 6. The monoisotopic (exact) mass is 1140 g/mol. The molecule has 2 fully saturated rings. The third-order valence-electron chi connectivity index (χ3n) is 12.9. The maximum atomic E-state index is 13.6. The number of aromatic nitrogens is 3. The van der Waals surface area contributed by atoms with Crippen LogP contribution >= 0.6 is 23.2 Å². The molecule has 80 heavy (non-hydrogen) atoms. The molecule has 4 aromatic rings. The first-order chi connectivity index (χ1) is 38.4. The van der Waals surface area contributed by atoms with Crippen LogP contribution in [0.2, 0.25) is 5.22 Å². The van der Waals surface area contributed by atoms with E-state index >= 15 is 0 Å². The summed E-state index contributed by atoms with van der Waals surface area (Å²) in [7, 11) is 0. The van der Waals surface area contributed by atoms with Crippen LogP contribution in [0.25, 0.3) is 0 Å². The van der Waals surface area contributed by atoms with Gasteiger partial charge < -0.3 is 55.4 Å². The predicted molar refractivity (Wildman–Crippen MR) is 296 cm³/mol. The van der Waals surface area contributed by atoms with Crippen molar-refractivity contribution < 1.29 is 52.4 Å². The molecule has 1 saturated carbocycles. The molecular weight excluding hydrogens is 1080 g/mol. The number of hydrogen-bond donors (Lipinski definition) is 6. The minimum Gasteiger partial charge on any atom is -0.463 e. The second kappa shape index (κ2) is 30.1. The Hall–Kier alpha value is -8.44. The summed E-state index contributed by atoms with van der Waals surface area (Å²) < 4.78 is 17.5. The number of ether oxygens (including phenoxy) is 2. The summed E-state index contributed by atoms with van der Waals surface area (Å²) in [6.45, 7) is 4.31. The molecule has 1 saturated heterocycles. The van der Waals surface area contributed by atoms with Gasteiger partial charge in [-0.2, -0.15) is 0 Å². The number of hydrogen-bond acceptors (Lipinski definition) is 15. The lowest BCUT2D eigenvalue weighted by Crippen LogP contribution is -2.43. The Morgan fingerprint density at radius 3 is 2.02 bits per heavy atom. The van der Waals surface area contributed by atoms with Gasteiger partial charge in [0.25, 0.3) is 22.9 Å². The van der Waals surface area contributed by atoms with Gasteiger partial charge in [-0.3, -0.25) is 43.3 Å². The maximum absolute atomic E-state index is 13.6. The zero-order chi connectivity index (χ0) is 57.7. The van der Waals surface area contributed by atoms with E-state index in [0.717, 1.165) is 37.3 Å². The van der Waals surface area contributed by atoms with E-state index in [0.29, 0.717) is 18.0 Å². The molecule has 25 heteroatoms. The number of pyridine rings is 2. The molecule has 3 aliphatic rings. The Bertz CT molecular complexity index is 3140. The number of aliphatic imine (C=N–C) groups is 1. The molecule has 1 aliphatic carbocycles. The van der Waals surface area contributed by atoms with E-state index in [2.05, 4.69) is 41.3 Å². The fourth-order valence-corrected chi connectivity index (χ4v) is 9.16. The van der Waals surface area contributed by atoms with Crippen LogP contribution in [0.15, 0.2) is 128 Å². The van der Waals surface area contributed by atoms with Gasteiger partial charge in [-0.1, -0.05) is 66.2 Å². The van der Waals surface area contributed by atoms with Crippen molar-refractivity contribution in [3.8, 4) is 0 Å². The fraction of sp³-hybridized carbons (Fsp3) is 0.382. The van der Waals surface area contributed by atoms with E-state index < -0.39 is 76.8 Å². The SMILES string of the molecule is CCOC(=O)/C=C/[C@H](CCC(N)=O)NC(=O)[C@H](Cc1ccccc1)n1cccc(NC(=O)C2=NCC(Cl)=C2)c1=O.CC[C@@H](C(=O)N[C@H](/C=C/C(=O)OC1CCCC1)C[C@@H]1CCNC1=O)n1cccc(NC(=O)c2cc(Cl)on2)c1=O. The summed E-state index contributed by atoms with van der Waals surface area (Å²) in [5.74, 6) is -4.45. The zero-order valence-electron chi connectivity index (χ0n) is 43.9. The number of primary amides is 1. The summed E-state index contributed by atoms with van der Waals surface area (Å²) in [4.78, 5) is 131. The van der Waals surface area contributed by atoms with Gasteiger partial charge >= 0.3 is 11.9 Å². The van der Waals surface area contributed by atoms with E-state index in [4.69, 9.17) is 38.4 Å². The normalized spacial score (nSPS) is 16.5. The first kappa shape index (κ1) is 60.8. The van der Waals surface area contributed by atoms with Crippen LogP contribution in [0.3, 0.4) is 0 Å². The van der Waals surface area contributed by atoms with Gasteiger partial charge in [-0.25, -0.2) is 9.59 Å². The Labute approximate surface area is 469 Å². The number of esters is 2.